The Bertz CT molecular complexity index is 1270. The van der Waals surface area contributed by atoms with Gasteiger partial charge in [-0.3, -0.25) is 4.79 Å². The molecule has 0 heterocycles. The van der Waals surface area contributed by atoms with Gasteiger partial charge in [0, 0.05) is 11.0 Å². The molecule has 2 atom stereocenters. The second-order valence-electron chi connectivity index (χ2n) is 10.1. The van der Waals surface area contributed by atoms with Gasteiger partial charge in [0.2, 0.25) is 0 Å². The standard InChI is InChI=1S/C32H37FO5/c1-6-9-22(18-30(34)35)23-10-8-11-25(17-23)38-20-21-12-14-26(27-19-24(37-5)13-15-29(27)33)28(16-21)31(36)32(3,4)7-2/h7-8,10-17,19,22,31,36H,2,6,9,18,20H2,1,3-5H3,(H,34,35)/t22-,31+/m1/s1. The van der Waals surface area contributed by atoms with Gasteiger partial charge in [-0.15, -0.1) is 6.58 Å². The van der Waals surface area contributed by atoms with Crippen molar-refractivity contribution in [3.63, 3.8) is 0 Å². The molecule has 0 radical (unpaired) electrons. The average molecular weight is 521 g/mol. The summed E-state index contributed by atoms with van der Waals surface area (Å²) in [6.45, 7) is 9.86. The Morgan fingerprint density at radius 2 is 1.84 bits per heavy atom. The van der Waals surface area contributed by atoms with Crippen LogP contribution in [0.4, 0.5) is 4.39 Å². The summed E-state index contributed by atoms with van der Waals surface area (Å²) in [5, 5.41) is 20.6. The third-order valence-corrected chi connectivity index (χ3v) is 6.90. The first-order chi connectivity index (χ1) is 18.1. The Hall–Kier alpha value is -3.64. The molecule has 6 heteroatoms. The molecule has 38 heavy (non-hydrogen) atoms. The van der Waals surface area contributed by atoms with Crippen LogP contribution in [-0.4, -0.2) is 23.3 Å². The minimum Gasteiger partial charge on any atom is -0.497 e. The van der Waals surface area contributed by atoms with Crippen molar-refractivity contribution in [1.29, 1.82) is 0 Å². The number of aliphatic carboxylic acids is 1. The van der Waals surface area contributed by atoms with Crippen molar-refractivity contribution in [1.82, 2.24) is 0 Å². The van der Waals surface area contributed by atoms with E-state index in [1.165, 1.54) is 13.2 Å². The number of carbonyl (C=O) groups is 1. The lowest BCUT2D eigenvalue weighted by molar-refractivity contribution is -0.137. The normalized spacial score (nSPS) is 13.0. The summed E-state index contributed by atoms with van der Waals surface area (Å²) in [5.41, 5.74) is 2.51. The van der Waals surface area contributed by atoms with E-state index in [0.717, 1.165) is 24.0 Å². The molecule has 0 aliphatic heterocycles. The third kappa shape index (κ3) is 7.01. The lowest BCUT2D eigenvalue weighted by Gasteiger charge is -2.29. The van der Waals surface area contributed by atoms with E-state index in [9.17, 15) is 19.4 Å². The van der Waals surface area contributed by atoms with Crippen LogP contribution in [0, 0.1) is 11.2 Å². The quantitative estimate of drug-likeness (QED) is 0.226. The van der Waals surface area contributed by atoms with Gasteiger partial charge in [0.25, 0.3) is 0 Å². The summed E-state index contributed by atoms with van der Waals surface area (Å²) in [6.07, 6.45) is 2.46. The molecule has 0 aliphatic rings. The molecule has 3 rings (SSSR count). The predicted molar refractivity (Wildman–Crippen MR) is 148 cm³/mol. The maximum atomic E-state index is 14.9. The molecule has 202 valence electrons. The van der Waals surface area contributed by atoms with Crippen molar-refractivity contribution in [2.45, 2.75) is 58.7 Å². The maximum absolute atomic E-state index is 14.9. The fourth-order valence-corrected chi connectivity index (χ4v) is 4.49. The van der Waals surface area contributed by atoms with Crippen LogP contribution in [0.25, 0.3) is 11.1 Å². The van der Waals surface area contributed by atoms with E-state index in [1.54, 1.807) is 24.3 Å². The number of carboxylic acids is 1. The minimum absolute atomic E-state index is 0.0694. The van der Waals surface area contributed by atoms with Crippen molar-refractivity contribution < 1.29 is 28.9 Å². The SMILES string of the molecule is C=CC(C)(C)[C@@H](O)c1cc(COc2cccc([C@H](CCC)CC(=O)O)c2)ccc1-c1cc(OC)ccc1F. The minimum atomic E-state index is -0.949. The number of benzene rings is 3. The molecule has 0 spiro atoms. The summed E-state index contributed by atoms with van der Waals surface area (Å²) < 4.78 is 26.3. The molecule has 2 N–H and O–H groups in total. The number of methoxy groups -OCH3 is 1. The predicted octanol–water partition coefficient (Wildman–Crippen LogP) is 7.68. The largest absolute Gasteiger partial charge is 0.497 e. The Balaban J connectivity index is 1.94. The lowest BCUT2D eigenvalue weighted by atomic mass is 9.79. The number of hydrogen-bond acceptors (Lipinski definition) is 4. The van der Waals surface area contributed by atoms with Gasteiger partial charge in [0.1, 0.15) is 23.9 Å². The highest BCUT2D eigenvalue weighted by molar-refractivity contribution is 5.71. The van der Waals surface area contributed by atoms with E-state index >= 15 is 0 Å². The van der Waals surface area contributed by atoms with Gasteiger partial charge in [-0.2, -0.15) is 0 Å². The zero-order chi connectivity index (χ0) is 27.9. The number of rotatable bonds is 13. The first kappa shape index (κ1) is 28.9. The number of ether oxygens (including phenoxy) is 2. The molecule has 0 saturated heterocycles. The van der Waals surface area contributed by atoms with Crippen molar-refractivity contribution in [2.75, 3.05) is 7.11 Å². The molecule has 0 aromatic heterocycles. The molecule has 0 fully saturated rings. The molecule has 5 nitrogen and oxygen atoms in total. The molecular weight excluding hydrogens is 483 g/mol. The van der Waals surface area contributed by atoms with Gasteiger partial charge < -0.3 is 19.7 Å². The molecule has 0 unspecified atom stereocenters. The maximum Gasteiger partial charge on any atom is 0.303 e. The fourth-order valence-electron chi connectivity index (χ4n) is 4.49. The molecule has 3 aromatic carbocycles. The number of aliphatic hydroxyl groups is 1. The van der Waals surface area contributed by atoms with Gasteiger partial charge in [0.15, 0.2) is 0 Å². The molecule has 3 aromatic rings. The zero-order valence-electron chi connectivity index (χ0n) is 22.5. The fraction of sp³-hybridized carbons (Fsp3) is 0.344. The van der Waals surface area contributed by atoms with Crippen LogP contribution in [0.15, 0.2) is 73.3 Å². The number of carboxylic acid groups (broad SMARTS) is 1. The van der Waals surface area contributed by atoms with Gasteiger partial charge in [-0.25, -0.2) is 4.39 Å². The summed E-state index contributed by atoms with van der Waals surface area (Å²) in [4.78, 5) is 11.3. The monoisotopic (exact) mass is 520 g/mol. The van der Waals surface area contributed by atoms with Crippen molar-refractivity contribution in [2.24, 2.45) is 5.41 Å². The lowest BCUT2D eigenvalue weighted by Crippen LogP contribution is -2.20. The second-order valence-corrected chi connectivity index (χ2v) is 10.1. The molecule has 0 amide bonds. The van der Waals surface area contributed by atoms with Crippen molar-refractivity contribution >= 4 is 5.97 Å². The van der Waals surface area contributed by atoms with Gasteiger partial charge >= 0.3 is 5.97 Å². The van der Waals surface area contributed by atoms with Crippen LogP contribution < -0.4 is 9.47 Å². The number of aliphatic hydroxyl groups excluding tert-OH is 1. The van der Waals surface area contributed by atoms with Crippen LogP contribution in [0.5, 0.6) is 11.5 Å². The molecule has 0 bridgehead atoms. The second kappa shape index (κ2) is 12.7. The zero-order valence-corrected chi connectivity index (χ0v) is 22.5. The van der Waals surface area contributed by atoms with Crippen molar-refractivity contribution in [3.8, 4) is 22.6 Å². The molecular formula is C32H37FO5. The Morgan fingerprint density at radius 1 is 1.08 bits per heavy atom. The summed E-state index contributed by atoms with van der Waals surface area (Å²) in [5.74, 6) is -0.178. The van der Waals surface area contributed by atoms with E-state index < -0.39 is 23.3 Å². The van der Waals surface area contributed by atoms with Gasteiger partial charge in [0.05, 0.1) is 19.6 Å². The van der Waals surface area contributed by atoms with Crippen LogP contribution in [0.1, 0.15) is 68.7 Å². The highest BCUT2D eigenvalue weighted by Gasteiger charge is 2.29. The highest BCUT2D eigenvalue weighted by Crippen LogP contribution is 2.41. The number of hydrogen-bond donors (Lipinski definition) is 2. The van der Waals surface area contributed by atoms with E-state index in [1.807, 2.05) is 57.2 Å². The van der Waals surface area contributed by atoms with E-state index in [4.69, 9.17) is 9.47 Å². The molecule has 0 aliphatic carbocycles. The first-order valence-corrected chi connectivity index (χ1v) is 12.8. The van der Waals surface area contributed by atoms with Gasteiger partial charge in [-0.1, -0.05) is 57.5 Å². The smallest absolute Gasteiger partial charge is 0.303 e. The molecule has 0 saturated carbocycles. The van der Waals surface area contributed by atoms with Crippen molar-refractivity contribution in [3.05, 3.63) is 95.8 Å². The van der Waals surface area contributed by atoms with E-state index in [2.05, 4.69) is 6.58 Å². The first-order valence-electron chi connectivity index (χ1n) is 12.8. The van der Waals surface area contributed by atoms with Gasteiger partial charge in [-0.05, 0) is 71.0 Å². The Labute approximate surface area is 224 Å². The summed E-state index contributed by atoms with van der Waals surface area (Å²) >= 11 is 0. The van der Waals surface area contributed by atoms with Crippen LogP contribution in [-0.2, 0) is 11.4 Å². The Kier molecular flexibility index (Phi) is 9.70. The average Bonchev–Trinajstić information content (AvgIpc) is 2.91. The van der Waals surface area contributed by atoms with Crippen LogP contribution in [0.2, 0.25) is 0 Å². The number of halogens is 1. The van der Waals surface area contributed by atoms with E-state index in [-0.39, 0.29) is 18.9 Å². The van der Waals surface area contributed by atoms with Crippen LogP contribution >= 0.6 is 0 Å². The van der Waals surface area contributed by atoms with Crippen LogP contribution in [0.3, 0.4) is 0 Å². The summed E-state index contributed by atoms with van der Waals surface area (Å²) in [7, 11) is 1.52. The Morgan fingerprint density at radius 3 is 2.50 bits per heavy atom. The summed E-state index contributed by atoms with van der Waals surface area (Å²) in [6, 6.07) is 17.5. The topological polar surface area (TPSA) is 76.0 Å². The van der Waals surface area contributed by atoms with E-state index in [0.29, 0.717) is 28.2 Å². The third-order valence-electron chi connectivity index (χ3n) is 6.90. The highest BCUT2D eigenvalue weighted by atomic mass is 19.1.